The van der Waals surface area contributed by atoms with Gasteiger partial charge < -0.3 is 20.1 Å². The van der Waals surface area contributed by atoms with Crippen LogP contribution in [0.5, 0.6) is 0 Å². The Morgan fingerprint density at radius 1 is 1.26 bits per heavy atom. The Kier molecular flexibility index (Phi) is 3.86. The zero-order valence-corrected chi connectivity index (χ0v) is 14.4. The highest BCUT2D eigenvalue weighted by molar-refractivity contribution is 5.73. The molecule has 0 atom stereocenters. The van der Waals surface area contributed by atoms with E-state index >= 15 is 0 Å². The molecule has 0 radical (unpaired) electrons. The Bertz CT molecular complexity index is 497. The van der Waals surface area contributed by atoms with Gasteiger partial charge in [0, 0.05) is 19.6 Å². The summed E-state index contributed by atoms with van der Waals surface area (Å²) < 4.78 is 5.36. The zero-order chi connectivity index (χ0) is 16.9. The van der Waals surface area contributed by atoms with E-state index in [2.05, 4.69) is 5.32 Å². The fourth-order valence-corrected chi connectivity index (χ4v) is 3.66. The molecule has 0 unspecified atom stereocenters. The van der Waals surface area contributed by atoms with Gasteiger partial charge in [0.05, 0.1) is 12.0 Å². The molecule has 2 aliphatic carbocycles. The van der Waals surface area contributed by atoms with Crippen LogP contribution in [0.4, 0.5) is 4.79 Å². The molecule has 0 aromatic carbocycles. The predicted octanol–water partition coefficient (Wildman–Crippen LogP) is 2.23. The second kappa shape index (κ2) is 5.36. The van der Waals surface area contributed by atoms with Crippen LogP contribution in [0.3, 0.4) is 0 Å². The van der Waals surface area contributed by atoms with Crippen LogP contribution in [-0.2, 0) is 9.53 Å². The molecule has 3 fully saturated rings. The van der Waals surface area contributed by atoms with Crippen molar-refractivity contribution in [3.8, 4) is 0 Å². The molecule has 0 aromatic rings. The first-order valence-corrected chi connectivity index (χ1v) is 8.58. The summed E-state index contributed by atoms with van der Waals surface area (Å²) in [6.45, 7) is 7.21. The summed E-state index contributed by atoms with van der Waals surface area (Å²) in [6, 6.07) is 0. The van der Waals surface area contributed by atoms with Crippen molar-refractivity contribution in [3.63, 3.8) is 0 Å². The fourth-order valence-electron chi connectivity index (χ4n) is 3.66. The average Bonchev–Trinajstić information content (AvgIpc) is 3.21. The van der Waals surface area contributed by atoms with Crippen molar-refractivity contribution in [2.24, 2.45) is 11.3 Å². The minimum Gasteiger partial charge on any atom is -0.481 e. The molecule has 2 N–H and O–H groups in total. The van der Waals surface area contributed by atoms with Crippen LogP contribution < -0.4 is 5.32 Å². The lowest BCUT2D eigenvalue weighted by Gasteiger charge is -2.50. The van der Waals surface area contributed by atoms with Gasteiger partial charge in [-0.15, -0.1) is 0 Å². The van der Waals surface area contributed by atoms with Crippen molar-refractivity contribution in [3.05, 3.63) is 0 Å². The zero-order valence-electron chi connectivity index (χ0n) is 14.4. The molecule has 0 spiro atoms. The maximum Gasteiger partial charge on any atom is 0.410 e. The lowest BCUT2D eigenvalue weighted by atomic mass is 9.85. The number of likely N-dealkylation sites (tertiary alicyclic amines) is 1. The number of ether oxygens (including phenoxy) is 1. The molecular weight excluding hydrogens is 296 g/mol. The summed E-state index contributed by atoms with van der Waals surface area (Å²) in [5.41, 5.74) is -0.606. The summed E-state index contributed by atoms with van der Waals surface area (Å²) in [5, 5.41) is 12.7. The molecular formula is C17H28N2O4. The maximum atomic E-state index is 12.1. The van der Waals surface area contributed by atoms with Crippen molar-refractivity contribution < 1.29 is 19.4 Å². The van der Waals surface area contributed by atoms with Gasteiger partial charge in [-0.1, -0.05) is 0 Å². The monoisotopic (exact) mass is 324 g/mol. The van der Waals surface area contributed by atoms with Crippen molar-refractivity contribution in [1.82, 2.24) is 10.2 Å². The summed E-state index contributed by atoms with van der Waals surface area (Å²) in [6.07, 6.45) is 4.83. The third kappa shape index (κ3) is 3.79. The quantitative estimate of drug-likeness (QED) is 0.783. The van der Waals surface area contributed by atoms with Crippen LogP contribution >= 0.6 is 0 Å². The molecule has 3 rings (SSSR count). The topological polar surface area (TPSA) is 78.9 Å². The van der Waals surface area contributed by atoms with Gasteiger partial charge >= 0.3 is 12.1 Å². The number of carboxylic acids is 1. The molecule has 6 nitrogen and oxygen atoms in total. The van der Waals surface area contributed by atoms with E-state index in [-0.39, 0.29) is 12.5 Å². The molecule has 130 valence electrons. The van der Waals surface area contributed by atoms with E-state index in [0.717, 1.165) is 12.5 Å². The van der Waals surface area contributed by atoms with Gasteiger partial charge in [-0.3, -0.25) is 4.79 Å². The Balaban J connectivity index is 1.55. The summed E-state index contributed by atoms with van der Waals surface area (Å²) in [5.74, 6) is 0.0107. The fraction of sp³-hybridized carbons (Fsp3) is 0.882. The Morgan fingerprint density at radius 2 is 1.87 bits per heavy atom. The minimum absolute atomic E-state index is 0.0487. The molecule has 23 heavy (non-hydrogen) atoms. The van der Waals surface area contributed by atoms with Crippen LogP contribution in [0.1, 0.15) is 52.9 Å². The van der Waals surface area contributed by atoms with Gasteiger partial charge in [-0.2, -0.15) is 0 Å². The van der Waals surface area contributed by atoms with Crippen LogP contribution in [0, 0.1) is 11.3 Å². The minimum atomic E-state index is -0.822. The van der Waals surface area contributed by atoms with Crippen molar-refractivity contribution >= 4 is 12.1 Å². The molecule has 1 heterocycles. The first-order chi connectivity index (χ1) is 10.6. The number of hydrogen-bond donors (Lipinski definition) is 2. The number of carboxylic acid groups (broad SMARTS) is 1. The normalized spacial score (nSPS) is 24.7. The van der Waals surface area contributed by atoms with Crippen LogP contribution in [-0.4, -0.2) is 52.8 Å². The van der Waals surface area contributed by atoms with Gasteiger partial charge in [0.2, 0.25) is 0 Å². The van der Waals surface area contributed by atoms with Crippen molar-refractivity contribution in [2.45, 2.75) is 64.0 Å². The Hall–Kier alpha value is -1.30. The van der Waals surface area contributed by atoms with E-state index in [9.17, 15) is 14.7 Å². The second-order valence-electron chi connectivity index (χ2n) is 8.68. The van der Waals surface area contributed by atoms with Gasteiger partial charge in [-0.25, -0.2) is 4.79 Å². The number of amides is 1. The number of nitrogens with zero attached hydrogens (tertiary/aromatic N) is 1. The third-order valence-corrected chi connectivity index (χ3v) is 5.28. The van der Waals surface area contributed by atoms with E-state index in [1.165, 1.54) is 25.7 Å². The Morgan fingerprint density at radius 3 is 2.30 bits per heavy atom. The SMILES string of the molecule is CC(C)(C)OC(=O)N1CC(CC(=O)O)(NCC2(C3CC3)CC2)C1. The standard InChI is InChI=1S/C17H28N2O4/c1-15(2,3)23-14(22)19-10-17(11-19,8-13(20)21)18-9-16(6-7-16)12-4-5-12/h12,18H,4-11H2,1-3H3,(H,20,21). The molecule has 1 saturated heterocycles. The number of rotatable bonds is 6. The highest BCUT2D eigenvalue weighted by Gasteiger charge is 2.56. The first kappa shape index (κ1) is 16.6. The highest BCUT2D eigenvalue weighted by atomic mass is 16.6. The van der Waals surface area contributed by atoms with Crippen molar-refractivity contribution in [2.75, 3.05) is 19.6 Å². The number of hydrogen-bond acceptors (Lipinski definition) is 4. The summed E-state index contributed by atoms with van der Waals surface area (Å²) in [4.78, 5) is 24.9. The lowest BCUT2D eigenvalue weighted by Crippen LogP contribution is -2.71. The van der Waals surface area contributed by atoms with E-state index in [4.69, 9.17) is 4.74 Å². The predicted molar refractivity (Wildman–Crippen MR) is 85.2 cm³/mol. The third-order valence-electron chi connectivity index (χ3n) is 5.28. The van der Waals surface area contributed by atoms with E-state index in [1.54, 1.807) is 4.90 Å². The average molecular weight is 324 g/mol. The number of carbonyl (C=O) groups excluding carboxylic acids is 1. The number of carbonyl (C=O) groups is 2. The van der Waals surface area contributed by atoms with Crippen LogP contribution in [0.15, 0.2) is 0 Å². The molecule has 3 aliphatic rings. The van der Waals surface area contributed by atoms with Crippen molar-refractivity contribution in [1.29, 1.82) is 0 Å². The smallest absolute Gasteiger partial charge is 0.410 e. The molecule has 1 aliphatic heterocycles. The van der Waals surface area contributed by atoms with Crippen LogP contribution in [0.2, 0.25) is 0 Å². The second-order valence-corrected chi connectivity index (χ2v) is 8.68. The number of aliphatic carboxylic acids is 1. The molecule has 1 amide bonds. The molecule has 0 bridgehead atoms. The lowest BCUT2D eigenvalue weighted by molar-refractivity contribution is -0.141. The Labute approximate surface area is 137 Å². The van der Waals surface area contributed by atoms with Gasteiger partial charge in [0.1, 0.15) is 5.60 Å². The first-order valence-electron chi connectivity index (χ1n) is 8.58. The molecule has 2 saturated carbocycles. The molecule has 6 heteroatoms. The number of nitrogens with one attached hydrogen (secondary N) is 1. The highest BCUT2D eigenvalue weighted by Crippen LogP contribution is 2.61. The summed E-state index contributed by atoms with van der Waals surface area (Å²) in [7, 11) is 0. The van der Waals surface area contributed by atoms with E-state index in [1.807, 2.05) is 20.8 Å². The summed E-state index contributed by atoms with van der Waals surface area (Å²) >= 11 is 0. The van der Waals surface area contributed by atoms with Gasteiger partial charge in [0.15, 0.2) is 0 Å². The van der Waals surface area contributed by atoms with E-state index in [0.29, 0.717) is 18.5 Å². The van der Waals surface area contributed by atoms with Crippen LogP contribution in [0.25, 0.3) is 0 Å². The van der Waals surface area contributed by atoms with Gasteiger partial charge in [-0.05, 0) is 57.8 Å². The maximum absolute atomic E-state index is 12.1. The van der Waals surface area contributed by atoms with E-state index < -0.39 is 17.1 Å². The largest absolute Gasteiger partial charge is 0.481 e. The van der Waals surface area contributed by atoms with Gasteiger partial charge in [0.25, 0.3) is 0 Å². The molecule has 0 aromatic heterocycles.